The smallest absolute Gasteiger partial charge is 0.191 e. The van der Waals surface area contributed by atoms with Crippen molar-refractivity contribution in [1.29, 1.82) is 0 Å². The molecular weight excluding hydrogens is 306 g/mol. The molecule has 0 aliphatic rings. The summed E-state index contributed by atoms with van der Waals surface area (Å²) < 4.78 is 0. The fourth-order valence-electron chi connectivity index (χ4n) is 2.15. The Morgan fingerprint density at radius 2 is 1.96 bits per heavy atom. The Morgan fingerprint density at radius 3 is 2.52 bits per heavy atom. The summed E-state index contributed by atoms with van der Waals surface area (Å²) in [6.07, 6.45) is 0.905. The van der Waals surface area contributed by atoms with Crippen molar-refractivity contribution in [3.05, 3.63) is 45.9 Å². The first-order chi connectivity index (χ1) is 11.1. The number of hydrogen-bond donors (Lipinski definition) is 2. The summed E-state index contributed by atoms with van der Waals surface area (Å²) in [6.45, 7) is 3.61. The van der Waals surface area contributed by atoms with Crippen LogP contribution in [0.1, 0.15) is 16.3 Å². The van der Waals surface area contributed by atoms with Crippen LogP contribution in [0, 0.1) is 6.92 Å². The monoisotopic (exact) mass is 331 g/mol. The van der Waals surface area contributed by atoms with Crippen LogP contribution in [0.5, 0.6) is 0 Å². The van der Waals surface area contributed by atoms with Gasteiger partial charge in [-0.3, -0.25) is 4.99 Å². The van der Waals surface area contributed by atoms with E-state index in [2.05, 4.69) is 55.2 Å². The lowest BCUT2D eigenvalue weighted by molar-refractivity contribution is 0.786. The number of aryl methyl sites for hydroxylation is 1. The predicted molar refractivity (Wildman–Crippen MR) is 99.5 cm³/mol. The largest absolute Gasteiger partial charge is 0.378 e. The van der Waals surface area contributed by atoms with Crippen LogP contribution in [-0.4, -0.2) is 38.6 Å². The molecule has 124 valence electrons. The van der Waals surface area contributed by atoms with E-state index in [4.69, 9.17) is 0 Å². The van der Waals surface area contributed by atoms with Gasteiger partial charge in [0.2, 0.25) is 0 Å². The first-order valence-corrected chi connectivity index (χ1v) is 8.58. The number of nitrogens with one attached hydrogen (secondary N) is 2. The van der Waals surface area contributed by atoms with Crippen LogP contribution in [0.4, 0.5) is 5.69 Å². The number of guanidine groups is 1. The summed E-state index contributed by atoms with van der Waals surface area (Å²) in [5.41, 5.74) is 3.57. The average Bonchev–Trinajstić information content (AvgIpc) is 2.96. The van der Waals surface area contributed by atoms with Gasteiger partial charge in [0, 0.05) is 51.7 Å². The molecule has 5 nitrogen and oxygen atoms in total. The maximum absolute atomic E-state index is 4.46. The maximum atomic E-state index is 4.46. The lowest BCUT2D eigenvalue weighted by atomic mass is 10.2. The zero-order chi connectivity index (χ0) is 16.7. The van der Waals surface area contributed by atoms with Gasteiger partial charge in [0.1, 0.15) is 0 Å². The van der Waals surface area contributed by atoms with Gasteiger partial charge in [-0.05, 0) is 24.6 Å². The number of aromatic nitrogens is 1. The van der Waals surface area contributed by atoms with E-state index in [1.54, 1.807) is 18.4 Å². The molecule has 0 spiro atoms. The first kappa shape index (κ1) is 17.3. The van der Waals surface area contributed by atoms with Gasteiger partial charge < -0.3 is 15.5 Å². The molecule has 6 heteroatoms. The van der Waals surface area contributed by atoms with Gasteiger partial charge >= 0.3 is 0 Å². The highest BCUT2D eigenvalue weighted by Crippen LogP contribution is 2.12. The fraction of sp³-hybridized carbons (Fsp3) is 0.412. The zero-order valence-corrected chi connectivity index (χ0v) is 15.1. The lowest BCUT2D eigenvalue weighted by Gasteiger charge is -2.14. The Balaban J connectivity index is 1.76. The number of anilines is 1. The van der Waals surface area contributed by atoms with Crippen molar-refractivity contribution in [2.45, 2.75) is 19.9 Å². The van der Waals surface area contributed by atoms with Gasteiger partial charge in [-0.15, -0.1) is 11.3 Å². The van der Waals surface area contributed by atoms with E-state index in [-0.39, 0.29) is 0 Å². The maximum Gasteiger partial charge on any atom is 0.191 e. The van der Waals surface area contributed by atoms with E-state index < -0.39 is 0 Å². The first-order valence-electron chi connectivity index (χ1n) is 7.70. The third-order valence-electron chi connectivity index (χ3n) is 3.48. The minimum Gasteiger partial charge on any atom is -0.378 e. The van der Waals surface area contributed by atoms with E-state index in [9.17, 15) is 0 Å². The molecular formula is C17H25N5S. The number of thiazole rings is 1. The molecule has 0 saturated carbocycles. The molecule has 0 saturated heterocycles. The van der Waals surface area contributed by atoms with Crippen LogP contribution >= 0.6 is 11.3 Å². The second-order valence-corrected chi connectivity index (χ2v) is 6.58. The van der Waals surface area contributed by atoms with Crippen LogP contribution in [-0.2, 0) is 13.0 Å². The van der Waals surface area contributed by atoms with Crippen molar-refractivity contribution in [3.63, 3.8) is 0 Å². The van der Waals surface area contributed by atoms with Gasteiger partial charge in [0.05, 0.1) is 10.7 Å². The van der Waals surface area contributed by atoms with E-state index in [0.717, 1.165) is 36.2 Å². The molecule has 2 aromatic rings. The summed E-state index contributed by atoms with van der Waals surface area (Å²) in [6, 6.07) is 8.51. The van der Waals surface area contributed by atoms with Crippen molar-refractivity contribution in [2.75, 3.05) is 32.6 Å². The molecule has 0 amide bonds. The average molecular weight is 331 g/mol. The number of rotatable bonds is 6. The molecule has 0 aliphatic heterocycles. The van der Waals surface area contributed by atoms with Crippen molar-refractivity contribution < 1.29 is 0 Å². The van der Waals surface area contributed by atoms with Crippen LogP contribution in [0.3, 0.4) is 0 Å². The molecule has 0 aliphatic carbocycles. The Kier molecular flexibility index (Phi) is 6.40. The molecule has 1 aromatic carbocycles. The minimum atomic E-state index is 0.753. The summed E-state index contributed by atoms with van der Waals surface area (Å²) >= 11 is 1.69. The van der Waals surface area contributed by atoms with Crippen LogP contribution in [0.15, 0.2) is 34.6 Å². The third kappa shape index (κ3) is 5.56. The highest BCUT2D eigenvalue weighted by molar-refractivity contribution is 7.09. The SMILES string of the molecule is CN=C(NCCc1csc(C)n1)NCc1ccc(N(C)C)cc1. The third-order valence-corrected chi connectivity index (χ3v) is 4.30. The second-order valence-electron chi connectivity index (χ2n) is 5.52. The normalized spacial score (nSPS) is 11.4. The zero-order valence-electron chi connectivity index (χ0n) is 14.3. The minimum absolute atomic E-state index is 0.753. The van der Waals surface area contributed by atoms with Crippen molar-refractivity contribution in [1.82, 2.24) is 15.6 Å². The second kappa shape index (κ2) is 8.53. The van der Waals surface area contributed by atoms with E-state index in [0.29, 0.717) is 0 Å². The Morgan fingerprint density at radius 1 is 1.22 bits per heavy atom. The Hall–Kier alpha value is -2.08. The van der Waals surface area contributed by atoms with Crippen LogP contribution in [0.2, 0.25) is 0 Å². The van der Waals surface area contributed by atoms with Crippen molar-refractivity contribution in [3.8, 4) is 0 Å². The van der Waals surface area contributed by atoms with Gasteiger partial charge in [-0.1, -0.05) is 12.1 Å². The molecule has 0 unspecified atom stereocenters. The molecule has 1 aromatic heterocycles. The summed E-state index contributed by atoms with van der Waals surface area (Å²) in [4.78, 5) is 10.8. The van der Waals surface area contributed by atoms with E-state index in [1.807, 2.05) is 21.0 Å². The van der Waals surface area contributed by atoms with Crippen LogP contribution in [0.25, 0.3) is 0 Å². The van der Waals surface area contributed by atoms with Crippen molar-refractivity contribution in [2.24, 2.45) is 4.99 Å². The molecule has 0 bridgehead atoms. The molecule has 23 heavy (non-hydrogen) atoms. The Bertz CT molecular complexity index is 631. The van der Waals surface area contributed by atoms with Crippen LogP contribution < -0.4 is 15.5 Å². The van der Waals surface area contributed by atoms with Gasteiger partial charge in [0.25, 0.3) is 0 Å². The fourth-order valence-corrected chi connectivity index (χ4v) is 2.80. The van der Waals surface area contributed by atoms with Gasteiger partial charge in [-0.2, -0.15) is 0 Å². The highest BCUT2D eigenvalue weighted by atomic mass is 32.1. The lowest BCUT2D eigenvalue weighted by Crippen LogP contribution is -2.37. The molecule has 0 radical (unpaired) electrons. The molecule has 2 N–H and O–H groups in total. The quantitative estimate of drug-likeness (QED) is 0.630. The molecule has 1 heterocycles. The molecule has 0 fully saturated rings. The van der Waals surface area contributed by atoms with Gasteiger partial charge in [-0.25, -0.2) is 4.98 Å². The molecule has 2 rings (SSSR count). The van der Waals surface area contributed by atoms with Gasteiger partial charge in [0.15, 0.2) is 5.96 Å². The summed E-state index contributed by atoms with van der Waals surface area (Å²) in [5, 5.41) is 9.88. The van der Waals surface area contributed by atoms with Crippen molar-refractivity contribution >= 4 is 23.0 Å². The highest BCUT2D eigenvalue weighted by Gasteiger charge is 2.01. The summed E-state index contributed by atoms with van der Waals surface area (Å²) in [5.74, 6) is 0.814. The van der Waals surface area contributed by atoms with E-state index >= 15 is 0 Å². The topological polar surface area (TPSA) is 52.6 Å². The number of aliphatic imine (C=N–C) groups is 1. The molecule has 0 atom stereocenters. The number of hydrogen-bond acceptors (Lipinski definition) is 4. The predicted octanol–water partition coefficient (Wildman–Crippen LogP) is 2.43. The number of benzene rings is 1. The standard InChI is InChI=1S/C17H25N5S/c1-13-21-15(12-23-13)9-10-19-17(18-2)20-11-14-5-7-16(8-6-14)22(3)4/h5-8,12H,9-11H2,1-4H3,(H2,18,19,20). The Labute approximate surface area is 142 Å². The number of nitrogens with zero attached hydrogens (tertiary/aromatic N) is 3. The van der Waals surface area contributed by atoms with E-state index in [1.165, 1.54) is 11.3 Å². The summed E-state index contributed by atoms with van der Waals surface area (Å²) in [7, 11) is 5.88.